The Labute approximate surface area is 214 Å². The van der Waals surface area contributed by atoms with Crippen LogP contribution in [0.1, 0.15) is 62.0 Å². The summed E-state index contributed by atoms with van der Waals surface area (Å²) in [6.45, 7) is 5.78. The van der Waals surface area contributed by atoms with Gasteiger partial charge in [-0.1, -0.05) is 12.1 Å². The van der Waals surface area contributed by atoms with E-state index in [0.29, 0.717) is 21.9 Å². The van der Waals surface area contributed by atoms with E-state index in [1.807, 2.05) is 32.0 Å². The van der Waals surface area contributed by atoms with Gasteiger partial charge in [-0.25, -0.2) is 4.79 Å². The molecule has 4 rings (SSSR count). The van der Waals surface area contributed by atoms with Crippen molar-refractivity contribution >= 4 is 39.8 Å². The molecule has 1 aromatic heterocycles. The van der Waals surface area contributed by atoms with E-state index in [1.54, 1.807) is 31.2 Å². The van der Waals surface area contributed by atoms with Crippen LogP contribution in [0.3, 0.4) is 0 Å². The number of benzene rings is 2. The Kier molecular flexibility index (Phi) is 8.05. The lowest BCUT2D eigenvalue weighted by Gasteiger charge is -2.12. The van der Waals surface area contributed by atoms with E-state index in [9.17, 15) is 14.4 Å². The highest BCUT2D eigenvalue weighted by atomic mass is 32.1. The molecule has 0 unspecified atom stereocenters. The summed E-state index contributed by atoms with van der Waals surface area (Å²) in [7, 11) is 0. The average Bonchev–Trinajstić information content (AvgIpc) is 3.23. The van der Waals surface area contributed by atoms with Crippen molar-refractivity contribution in [2.24, 2.45) is 0 Å². The molecule has 8 heteroatoms. The Hall–Kier alpha value is -3.65. The van der Waals surface area contributed by atoms with Crippen molar-refractivity contribution in [1.29, 1.82) is 0 Å². The van der Waals surface area contributed by atoms with Crippen molar-refractivity contribution in [3.05, 3.63) is 75.2 Å². The summed E-state index contributed by atoms with van der Waals surface area (Å²) in [5, 5.41) is 6.28. The first-order chi connectivity index (χ1) is 17.4. The van der Waals surface area contributed by atoms with Gasteiger partial charge < -0.3 is 20.1 Å². The van der Waals surface area contributed by atoms with E-state index in [2.05, 4.69) is 10.6 Å². The van der Waals surface area contributed by atoms with Crippen molar-refractivity contribution < 1.29 is 23.9 Å². The molecule has 1 heterocycles. The lowest BCUT2D eigenvalue weighted by atomic mass is 9.95. The summed E-state index contributed by atoms with van der Waals surface area (Å²) < 4.78 is 10.9. The Morgan fingerprint density at radius 1 is 0.972 bits per heavy atom. The van der Waals surface area contributed by atoms with Crippen LogP contribution in [0, 0.1) is 13.8 Å². The molecule has 36 heavy (non-hydrogen) atoms. The molecule has 1 aliphatic carbocycles. The molecule has 7 nitrogen and oxygen atoms in total. The van der Waals surface area contributed by atoms with Gasteiger partial charge in [0.15, 0.2) is 6.61 Å². The molecule has 0 bridgehead atoms. The molecule has 0 fully saturated rings. The largest absolute Gasteiger partial charge is 0.484 e. The number of nitrogens with one attached hydrogen (secondary N) is 2. The van der Waals surface area contributed by atoms with Crippen molar-refractivity contribution in [1.82, 2.24) is 0 Å². The highest BCUT2D eigenvalue weighted by Crippen LogP contribution is 2.38. The van der Waals surface area contributed by atoms with Gasteiger partial charge in [0.05, 0.1) is 12.2 Å². The zero-order valence-electron chi connectivity index (χ0n) is 20.7. The van der Waals surface area contributed by atoms with Crippen LogP contribution < -0.4 is 15.4 Å². The summed E-state index contributed by atoms with van der Waals surface area (Å²) >= 11 is 1.44. The lowest BCUT2D eigenvalue weighted by molar-refractivity contribution is -0.118. The molecule has 0 radical (unpaired) electrons. The second-order valence-electron chi connectivity index (χ2n) is 8.70. The Morgan fingerprint density at radius 2 is 1.72 bits per heavy atom. The monoisotopic (exact) mass is 506 g/mol. The van der Waals surface area contributed by atoms with Gasteiger partial charge in [-0.15, -0.1) is 11.3 Å². The molecular weight excluding hydrogens is 476 g/mol. The number of amides is 2. The summed E-state index contributed by atoms with van der Waals surface area (Å²) in [4.78, 5) is 38.9. The van der Waals surface area contributed by atoms with Crippen LogP contribution in [0.5, 0.6) is 5.75 Å². The minimum absolute atomic E-state index is 0.221. The lowest BCUT2D eigenvalue weighted by Crippen LogP contribution is -2.21. The Balaban J connectivity index is 1.36. The second kappa shape index (κ2) is 11.4. The van der Waals surface area contributed by atoms with E-state index in [4.69, 9.17) is 9.47 Å². The number of esters is 1. The van der Waals surface area contributed by atoms with Gasteiger partial charge >= 0.3 is 5.97 Å². The number of fused-ring (bicyclic) bond motifs is 1. The summed E-state index contributed by atoms with van der Waals surface area (Å²) in [6.07, 6.45) is 3.81. The minimum atomic E-state index is -0.400. The number of thiophene rings is 1. The maximum atomic E-state index is 12.6. The van der Waals surface area contributed by atoms with Crippen LogP contribution in [0.4, 0.5) is 10.7 Å². The van der Waals surface area contributed by atoms with E-state index in [0.717, 1.165) is 52.9 Å². The normalized spacial score (nSPS) is 12.4. The maximum absolute atomic E-state index is 12.6. The number of hydrogen-bond acceptors (Lipinski definition) is 6. The van der Waals surface area contributed by atoms with Gasteiger partial charge in [0.25, 0.3) is 11.8 Å². The van der Waals surface area contributed by atoms with Crippen molar-refractivity contribution in [3.63, 3.8) is 0 Å². The molecule has 3 aromatic rings. The SMILES string of the molecule is CCOC(=O)c1c(NC(=O)COc2ccc(C(=O)Nc3cccc(C)c3C)cc2)sc2c1CCCC2. The van der Waals surface area contributed by atoms with Crippen LogP contribution in [-0.2, 0) is 22.4 Å². The van der Waals surface area contributed by atoms with Gasteiger partial charge in [-0.05, 0) is 93.5 Å². The molecule has 0 aliphatic heterocycles. The third-order valence-electron chi connectivity index (χ3n) is 6.24. The quantitative estimate of drug-likeness (QED) is 0.383. The van der Waals surface area contributed by atoms with E-state index in [1.165, 1.54) is 11.3 Å². The fraction of sp³-hybridized carbons (Fsp3) is 0.321. The fourth-order valence-electron chi connectivity index (χ4n) is 4.17. The molecule has 0 saturated carbocycles. The van der Waals surface area contributed by atoms with Gasteiger partial charge in [-0.2, -0.15) is 0 Å². The standard InChI is InChI=1S/C28H30N2O5S/c1-4-34-28(33)25-21-9-5-6-11-23(21)36-27(25)30-24(31)16-35-20-14-12-19(13-15-20)26(32)29-22-10-7-8-17(2)18(22)3/h7-8,10,12-15H,4-6,9,11,16H2,1-3H3,(H,29,32)(H,30,31). The summed E-state index contributed by atoms with van der Waals surface area (Å²) in [5.41, 5.74) is 4.85. The van der Waals surface area contributed by atoms with Crippen LogP contribution in [0.15, 0.2) is 42.5 Å². The number of rotatable bonds is 8. The highest BCUT2D eigenvalue weighted by molar-refractivity contribution is 7.17. The predicted molar refractivity (Wildman–Crippen MR) is 141 cm³/mol. The van der Waals surface area contributed by atoms with Crippen LogP contribution in [-0.4, -0.2) is 31.0 Å². The third kappa shape index (κ3) is 5.76. The van der Waals surface area contributed by atoms with Crippen LogP contribution in [0.2, 0.25) is 0 Å². The molecule has 2 aromatic carbocycles. The topological polar surface area (TPSA) is 93.7 Å². The van der Waals surface area contributed by atoms with Crippen molar-refractivity contribution in [2.75, 3.05) is 23.8 Å². The Bertz CT molecular complexity index is 1280. The fourth-order valence-corrected chi connectivity index (χ4v) is 5.46. The summed E-state index contributed by atoms with van der Waals surface area (Å²) in [6, 6.07) is 12.4. The van der Waals surface area contributed by atoms with Crippen molar-refractivity contribution in [3.8, 4) is 5.75 Å². The molecule has 0 spiro atoms. The maximum Gasteiger partial charge on any atom is 0.341 e. The molecule has 0 atom stereocenters. The van der Waals surface area contributed by atoms with Gasteiger partial charge in [-0.3, -0.25) is 9.59 Å². The average molecular weight is 507 g/mol. The third-order valence-corrected chi connectivity index (χ3v) is 7.45. The van der Waals surface area contributed by atoms with Crippen molar-refractivity contribution in [2.45, 2.75) is 46.5 Å². The number of ether oxygens (including phenoxy) is 2. The number of carbonyl (C=O) groups excluding carboxylic acids is 3. The number of hydrogen-bond donors (Lipinski definition) is 2. The van der Waals surface area contributed by atoms with Crippen LogP contribution >= 0.6 is 11.3 Å². The number of anilines is 2. The molecule has 0 saturated heterocycles. The van der Waals surface area contributed by atoms with Gasteiger partial charge in [0.2, 0.25) is 0 Å². The van der Waals surface area contributed by atoms with Gasteiger partial charge in [0.1, 0.15) is 10.8 Å². The number of carbonyl (C=O) groups is 3. The summed E-state index contributed by atoms with van der Waals surface area (Å²) in [5.74, 6) is -0.524. The Morgan fingerprint density at radius 3 is 2.47 bits per heavy atom. The van der Waals surface area contributed by atoms with Crippen LogP contribution in [0.25, 0.3) is 0 Å². The molecule has 2 amide bonds. The first-order valence-corrected chi connectivity index (χ1v) is 12.9. The van der Waals surface area contributed by atoms with E-state index < -0.39 is 5.97 Å². The highest BCUT2D eigenvalue weighted by Gasteiger charge is 2.27. The first kappa shape index (κ1) is 25.4. The molecule has 188 valence electrons. The minimum Gasteiger partial charge on any atom is -0.484 e. The smallest absolute Gasteiger partial charge is 0.341 e. The molecule has 2 N–H and O–H groups in total. The second-order valence-corrected chi connectivity index (χ2v) is 9.80. The first-order valence-electron chi connectivity index (χ1n) is 12.1. The predicted octanol–water partition coefficient (Wildman–Crippen LogP) is 5.69. The van der Waals surface area contributed by atoms with E-state index in [-0.39, 0.29) is 25.0 Å². The van der Waals surface area contributed by atoms with E-state index >= 15 is 0 Å². The van der Waals surface area contributed by atoms with Gasteiger partial charge in [0, 0.05) is 16.1 Å². The zero-order valence-corrected chi connectivity index (χ0v) is 21.6. The molecular formula is C28H30N2O5S. The number of aryl methyl sites for hydroxylation is 2. The zero-order chi connectivity index (χ0) is 25.7. The molecule has 1 aliphatic rings.